The van der Waals surface area contributed by atoms with Gasteiger partial charge in [0.15, 0.2) is 0 Å². The van der Waals surface area contributed by atoms with Crippen LogP contribution in [0.4, 0.5) is 0 Å². The Morgan fingerprint density at radius 2 is 0.424 bits per heavy atom. The van der Waals surface area contributed by atoms with Crippen LogP contribution in [-0.4, -0.2) is 24.9 Å². The summed E-state index contributed by atoms with van der Waals surface area (Å²) in [6.07, 6.45) is 6.47. The molecular formula is C56H44ErKN4O4. The molecule has 1 radical (unpaired) electrons. The van der Waals surface area contributed by atoms with Gasteiger partial charge in [-0.25, -0.2) is 0 Å². The van der Waals surface area contributed by atoms with E-state index >= 15 is 0 Å². The number of benzene rings is 8. The molecule has 0 bridgehead atoms. The fraction of sp³-hybridized carbons (Fsp3) is 0.0714. The fourth-order valence-electron chi connectivity index (χ4n) is 6.99. The van der Waals surface area contributed by atoms with E-state index in [1.165, 1.54) is 24.3 Å². The summed E-state index contributed by atoms with van der Waals surface area (Å²) in [4.78, 5) is 19.3. The van der Waals surface area contributed by atoms with Gasteiger partial charge in [0, 0.05) is 24.9 Å². The van der Waals surface area contributed by atoms with Crippen LogP contribution in [0, 0.1) is 37.3 Å². The number of hydrogen-bond donors (Lipinski definition) is 0. The topological polar surface area (TPSA) is 142 Å². The van der Waals surface area contributed by atoms with Crippen LogP contribution in [0.2, 0.25) is 0 Å². The quantitative estimate of drug-likeness (QED) is 0.0882. The molecule has 8 aromatic rings. The summed E-state index contributed by atoms with van der Waals surface area (Å²) < 4.78 is 0. The van der Waals surface area contributed by atoms with Gasteiger partial charge in [-0.1, -0.05) is 218 Å². The van der Waals surface area contributed by atoms with E-state index in [0.717, 1.165) is 22.3 Å². The number of nitrogens with zero attached hydrogens (tertiary/aromatic N) is 4. The molecule has 8 aromatic carbocycles. The van der Waals surface area contributed by atoms with Gasteiger partial charge in [0.2, 0.25) is 0 Å². The van der Waals surface area contributed by atoms with Crippen molar-refractivity contribution >= 4 is 24.9 Å². The van der Waals surface area contributed by atoms with Crippen LogP contribution in [0.5, 0.6) is 23.0 Å². The number of para-hydroxylation sites is 4. The molecule has 0 aliphatic rings. The van der Waals surface area contributed by atoms with E-state index in [1.54, 1.807) is 73.4 Å². The second-order valence-electron chi connectivity index (χ2n) is 14.7. The molecular weight excluding hydrogens is 999 g/mol. The molecule has 8 nitrogen and oxygen atoms in total. The second-order valence-corrected chi connectivity index (χ2v) is 14.7. The first-order valence-corrected chi connectivity index (χ1v) is 20.8. The van der Waals surface area contributed by atoms with Crippen molar-refractivity contribution in [3.63, 3.8) is 0 Å². The van der Waals surface area contributed by atoms with E-state index in [4.69, 9.17) is 20.0 Å². The average Bonchev–Trinajstić information content (AvgIpc) is 3.34. The zero-order valence-electron chi connectivity index (χ0n) is 36.1. The van der Waals surface area contributed by atoms with Crippen LogP contribution < -0.4 is 71.8 Å². The van der Waals surface area contributed by atoms with Gasteiger partial charge in [0.1, 0.15) is 24.2 Å². The molecule has 0 fully saturated rings. The summed E-state index contributed by atoms with van der Waals surface area (Å²) in [5, 5.41) is 48.8. The summed E-state index contributed by atoms with van der Waals surface area (Å²) in [7, 11) is 0. The van der Waals surface area contributed by atoms with Crippen LogP contribution in [0.15, 0.2) is 238 Å². The Morgan fingerprint density at radius 3 is 0.606 bits per heavy atom. The largest absolute Gasteiger partial charge is 3.00 e. The molecule has 0 heterocycles. The van der Waals surface area contributed by atoms with E-state index in [9.17, 15) is 20.4 Å². The minimum Gasteiger partial charge on any atom is -0.872 e. The number of aliphatic imine (C=N–C) groups is 4. The molecule has 0 unspecified atom stereocenters. The standard InChI is InChI=1S/2C28H24N2O2.Er.K/c2*31-25-17-9-7-15-23(25)19-29-27(21-11-3-1-4-12-21)28(22-13-5-2-6-14-22)30-20-24-16-8-10-18-26(24)32;;/h2*1-20,27-28,31-32H;;/q;;+3;+1/p-4/t2*27-,28-;;/m11../s1. The maximum atomic E-state index is 12.2. The molecule has 66 heavy (non-hydrogen) atoms. The van der Waals surface area contributed by atoms with Crippen molar-refractivity contribution < 1.29 is 109 Å². The van der Waals surface area contributed by atoms with Crippen molar-refractivity contribution in [3.05, 3.63) is 263 Å². The number of rotatable bonds is 14. The summed E-state index contributed by atoms with van der Waals surface area (Å²) in [5.41, 5.74) is 5.95. The molecule has 0 N–H and O–H groups in total. The third-order valence-corrected chi connectivity index (χ3v) is 10.3. The molecule has 10 heteroatoms. The monoisotopic (exact) mass is 1040 g/mol. The van der Waals surface area contributed by atoms with E-state index in [-0.39, 0.29) is 136 Å². The SMILES string of the molecule is [Er+3].[K+].[O-]c1ccccc1C=N[C@H](c1ccccc1)[C@H](N=Cc1ccccc1[O-])c1ccccc1.[O-]c1ccccc1C=N[C@H](c1ccccc1)[C@H](N=Cc1ccccc1[O-])c1ccccc1. The van der Waals surface area contributed by atoms with E-state index in [1.807, 2.05) is 146 Å². The Hall–Kier alpha value is -5.48. The molecule has 325 valence electrons. The summed E-state index contributed by atoms with van der Waals surface area (Å²) in [5.74, 6) is -0.322. The average molecular weight is 1040 g/mol. The minimum absolute atomic E-state index is 0. The maximum Gasteiger partial charge on any atom is 3.00 e. The zero-order valence-corrected chi connectivity index (χ0v) is 41.1. The van der Waals surface area contributed by atoms with Crippen LogP contribution in [0.25, 0.3) is 0 Å². The van der Waals surface area contributed by atoms with Gasteiger partial charge in [-0.05, 0) is 44.5 Å². The van der Waals surface area contributed by atoms with Crippen molar-refractivity contribution in [2.45, 2.75) is 24.2 Å². The van der Waals surface area contributed by atoms with Crippen LogP contribution >= 0.6 is 0 Å². The van der Waals surface area contributed by atoms with Crippen molar-refractivity contribution in [2.24, 2.45) is 20.0 Å². The Morgan fingerprint density at radius 1 is 0.258 bits per heavy atom. The van der Waals surface area contributed by atoms with Gasteiger partial charge in [0.25, 0.3) is 0 Å². The van der Waals surface area contributed by atoms with Gasteiger partial charge in [0.05, 0.1) is 0 Å². The molecule has 0 aromatic heterocycles. The Kier molecular flexibility index (Phi) is 21.3. The first-order chi connectivity index (χ1) is 31.4. The van der Waals surface area contributed by atoms with Crippen molar-refractivity contribution in [1.29, 1.82) is 0 Å². The van der Waals surface area contributed by atoms with Gasteiger partial charge in [-0.2, -0.15) is 0 Å². The fourth-order valence-corrected chi connectivity index (χ4v) is 6.99. The Labute approximate surface area is 458 Å². The van der Waals surface area contributed by atoms with Crippen molar-refractivity contribution in [1.82, 2.24) is 0 Å². The predicted octanol–water partition coefficient (Wildman–Crippen LogP) is 6.71. The van der Waals surface area contributed by atoms with Gasteiger partial charge < -0.3 is 20.4 Å². The molecule has 0 amide bonds. The minimum atomic E-state index is -0.381. The number of hydrogen-bond acceptors (Lipinski definition) is 8. The van der Waals surface area contributed by atoms with Gasteiger partial charge in [-0.15, -0.1) is 23.0 Å². The molecule has 0 aliphatic heterocycles. The summed E-state index contributed by atoms with van der Waals surface area (Å²) >= 11 is 0. The third kappa shape index (κ3) is 14.8. The Bertz CT molecular complexity index is 2420. The summed E-state index contributed by atoms with van der Waals surface area (Å²) in [6, 6.07) is 65.1. The van der Waals surface area contributed by atoms with Crippen LogP contribution in [0.1, 0.15) is 68.7 Å². The Balaban J connectivity index is 0.000000240. The van der Waals surface area contributed by atoms with Crippen LogP contribution in [0.3, 0.4) is 0 Å². The zero-order chi connectivity index (χ0) is 44.4. The first-order valence-electron chi connectivity index (χ1n) is 20.8. The summed E-state index contributed by atoms with van der Waals surface area (Å²) in [6.45, 7) is 0. The maximum absolute atomic E-state index is 12.2. The first kappa shape index (κ1) is 51.5. The predicted molar refractivity (Wildman–Crippen MR) is 251 cm³/mol. The van der Waals surface area contributed by atoms with Gasteiger partial charge in [-0.3, -0.25) is 20.0 Å². The van der Waals surface area contributed by atoms with E-state index in [2.05, 4.69) is 0 Å². The molecule has 0 saturated carbocycles. The smallest absolute Gasteiger partial charge is 0.872 e. The molecule has 0 aliphatic carbocycles. The second kappa shape index (κ2) is 27.2. The van der Waals surface area contributed by atoms with Crippen molar-refractivity contribution in [2.75, 3.05) is 0 Å². The van der Waals surface area contributed by atoms with Crippen molar-refractivity contribution in [3.8, 4) is 23.0 Å². The van der Waals surface area contributed by atoms with Crippen LogP contribution in [-0.2, 0) is 0 Å². The van der Waals surface area contributed by atoms with E-state index in [0.29, 0.717) is 22.3 Å². The third-order valence-electron chi connectivity index (χ3n) is 10.3. The molecule has 8 rings (SSSR count). The van der Waals surface area contributed by atoms with Gasteiger partial charge >= 0.3 is 88.7 Å². The molecule has 0 saturated heterocycles. The normalized spacial score (nSPS) is 13.0. The molecule has 4 atom stereocenters. The van der Waals surface area contributed by atoms with E-state index < -0.39 is 0 Å². The molecule has 0 spiro atoms.